The summed E-state index contributed by atoms with van der Waals surface area (Å²) in [6.07, 6.45) is 0. The molecule has 0 atom stereocenters. The van der Waals surface area contributed by atoms with Crippen molar-refractivity contribution in [2.75, 3.05) is 31.1 Å². The van der Waals surface area contributed by atoms with Crippen molar-refractivity contribution in [2.24, 2.45) is 0 Å². The van der Waals surface area contributed by atoms with Gasteiger partial charge in [0.15, 0.2) is 0 Å². The van der Waals surface area contributed by atoms with E-state index in [0.29, 0.717) is 13.2 Å². The lowest BCUT2D eigenvalue weighted by molar-refractivity contribution is -0.198. The van der Waals surface area contributed by atoms with Crippen LogP contribution in [0.2, 0.25) is 0 Å². The second kappa shape index (κ2) is 7.66. The third kappa shape index (κ3) is 4.32. The van der Waals surface area contributed by atoms with E-state index < -0.39 is 0 Å². The van der Waals surface area contributed by atoms with E-state index >= 15 is 0 Å². The molecule has 5 nitrogen and oxygen atoms in total. The molecule has 0 aliphatic heterocycles. The summed E-state index contributed by atoms with van der Waals surface area (Å²) < 4.78 is 11.3. The van der Waals surface area contributed by atoms with Crippen LogP contribution < -0.4 is 5.06 Å². The lowest BCUT2D eigenvalue weighted by Gasteiger charge is -2.11. The molecule has 0 spiro atoms. The van der Waals surface area contributed by atoms with Crippen LogP contribution in [0.15, 0.2) is 24.3 Å². The Morgan fingerprint density at radius 1 is 1.37 bits per heavy atom. The van der Waals surface area contributed by atoms with Crippen molar-refractivity contribution in [3.05, 3.63) is 24.3 Å². The van der Waals surface area contributed by atoms with Gasteiger partial charge in [-0.3, -0.25) is 0 Å². The number of benzene rings is 1. The summed E-state index contributed by atoms with van der Waals surface area (Å²) >= 11 is 2.76. The van der Waals surface area contributed by atoms with Crippen molar-refractivity contribution < 1.29 is 14.1 Å². The summed E-state index contributed by atoms with van der Waals surface area (Å²) in [6.45, 7) is 3.32. The van der Waals surface area contributed by atoms with E-state index in [2.05, 4.69) is 4.98 Å². The molecule has 1 aromatic carbocycles. The molecular formula is C12H16N2O3S2. The number of thiazole rings is 1. The molecule has 0 bridgehead atoms. The van der Waals surface area contributed by atoms with Gasteiger partial charge in [0.05, 0.1) is 16.8 Å². The van der Waals surface area contributed by atoms with Crippen molar-refractivity contribution in [3.8, 4) is 0 Å². The van der Waals surface area contributed by atoms with Crippen LogP contribution in [0.5, 0.6) is 0 Å². The van der Waals surface area contributed by atoms with Crippen LogP contribution in [0, 0.1) is 0 Å². The monoisotopic (exact) mass is 300 g/mol. The minimum Gasteiger partial charge on any atom is -0.381 e. The fourth-order valence-electron chi connectivity index (χ4n) is 1.37. The van der Waals surface area contributed by atoms with Crippen molar-refractivity contribution in [1.29, 1.82) is 0 Å². The van der Waals surface area contributed by atoms with Crippen molar-refractivity contribution in [2.45, 2.75) is 6.92 Å². The van der Waals surface area contributed by atoms with Crippen LogP contribution in [0.4, 0.5) is 5.13 Å². The van der Waals surface area contributed by atoms with Crippen molar-refractivity contribution in [3.63, 3.8) is 0 Å². The number of para-hydroxylation sites is 1. The second-order valence-corrected chi connectivity index (χ2v) is 5.41. The number of hydrogen-bond donors (Lipinski definition) is 0. The molecule has 7 heteroatoms. The Labute approximate surface area is 120 Å². The lowest BCUT2D eigenvalue weighted by atomic mass is 10.3. The van der Waals surface area contributed by atoms with E-state index in [1.54, 1.807) is 18.4 Å². The number of rotatable bonds is 8. The van der Waals surface area contributed by atoms with Crippen LogP contribution >= 0.6 is 23.4 Å². The molecule has 0 saturated carbocycles. The topological polar surface area (TPSA) is 43.8 Å². The van der Waals surface area contributed by atoms with Gasteiger partial charge in [0.2, 0.25) is 5.13 Å². The molecule has 0 N–H and O–H groups in total. The third-order valence-electron chi connectivity index (χ3n) is 2.26. The number of fused-ring (bicyclic) bond motifs is 1. The summed E-state index contributed by atoms with van der Waals surface area (Å²) in [6, 6.07) is 7.96. The van der Waals surface area contributed by atoms with Gasteiger partial charge in [-0.15, -0.1) is 4.33 Å². The smallest absolute Gasteiger partial charge is 0.212 e. The average Bonchev–Trinajstić information content (AvgIpc) is 2.86. The summed E-state index contributed by atoms with van der Waals surface area (Å²) in [4.78, 5) is 9.57. The highest BCUT2D eigenvalue weighted by atomic mass is 32.2. The van der Waals surface area contributed by atoms with Gasteiger partial charge < -0.3 is 4.74 Å². The molecule has 0 saturated heterocycles. The van der Waals surface area contributed by atoms with E-state index in [1.165, 1.54) is 17.1 Å². The fourth-order valence-corrected chi connectivity index (χ4v) is 2.62. The predicted octanol–water partition coefficient (Wildman–Crippen LogP) is 3.28. The van der Waals surface area contributed by atoms with Crippen LogP contribution in [-0.2, 0) is 14.1 Å². The van der Waals surface area contributed by atoms with Gasteiger partial charge in [0, 0.05) is 31.5 Å². The van der Waals surface area contributed by atoms with Gasteiger partial charge in [0.25, 0.3) is 0 Å². The molecular weight excluding hydrogens is 284 g/mol. The Kier molecular flexibility index (Phi) is 5.87. The predicted molar refractivity (Wildman–Crippen MR) is 79.1 cm³/mol. The Hall–Kier alpha value is -0.860. The number of hydroxylamine groups is 1. The molecule has 2 rings (SSSR count). The van der Waals surface area contributed by atoms with E-state index in [0.717, 1.165) is 21.1 Å². The minimum absolute atomic E-state index is 0.648. The van der Waals surface area contributed by atoms with E-state index in [9.17, 15) is 0 Å². The first-order valence-corrected chi connectivity index (χ1v) is 7.67. The minimum atomic E-state index is 0.648. The molecule has 19 heavy (non-hydrogen) atoms. The van der Waals surface area contributed by atoms with Crippen molar-refractivity contribution in [1.82, 2.24) is 4.98 Å². The van der Waals surface area contributed by atoms with Gasteiger partial charge in [-0.05, 0) is 19.1 Å². The number of aromatic nitrogens is 1. The Balaban J connectivity index is 1.78. The Bertz CT molecular complexity index is 473. The van der Waals surface area contributed by atoms with Crippen molar-refractivity contribution >= 4 is 38.7 Å². The molecule has 2 aromatic rings. The maximum Gasteiger partial charge on any atom is 0.212 e. The zero-order valence-corrected chi connectivity index (χ0v) is 12.5. The maximum atomic E-state index is 5.18. The Morgan fingerprint density at radius 2 is 2.21 bits per heavy atom. The molecule has 0 fully saturated rings. The summed E-state index contributed by atoms with van der Waals surface area (Å²) in [5, 5.41) is 2.27. The first-order chi connectivity index (χ1) is 9.31. The van der Waals surface area contributed by atoms with Gasteiger partial charge in [-0.25, -0.2) is 4.98 Å². The zero-order valence-electron chi connectivity index (χ0n) is 10.9. The van der Waals surface area contributed by atoms with Crippen LogP contribution in [0.1, 0.15) is 6.92 Å². The highest BCUT2D eigenvalue weighted by molar-refractivity contribution is 7.94. The fraction of sp³-hybridized carbons (Fsp3) is 0.417. The zero-order chi connectivity index (χ0) is 13.5. The van der Waals surface area contributed by atoms with Gasteiger partial charge >= 0.3 is 0 Å². The van der Waals surface area contributed by atoms with E-state index in [1.807, 2.05) is 31.2 Å². The highest BCUT2D eigenvalue weighted by Gasteiger charge is 2.09. The molecule has 0 unspecified atom stereocenters. The van der Waals surface area contributed by atoms with Gasteiger partial charge in [-0.2, -0.15) is 5.06 Å². The quantitative estimate of drug-likeness (QED) is 0.323. The molecule has 0 aliphatic carbocycles. The first kappa shape index (κ1) is 14.5. The van der Waals surface area contributed by atoms with Gasteiger partial charge in [0.1, 0.15) is 0 Å². The summed E-state index contributed by atoms with van der Waals surface area (Å²) in [5.41, 5.74) is 0.960. The highest BCUT2D eigenvalue weighted by Crippen LogP contribution is 2.28. The third-order valence-corrected chi connectivity index (χ3v) is 3.84. The van der Waals surface area contributed by atoms with Crippen LogP contribution in [0.3, 0.4) is 0 Å². The maximum absolute atomic E-state index is 5.18. The molecule has 0 aliphatic rings. The molecule has 0 radical (unpaired) electrons. The number of hydrogen-bond acceptors (Lipinski definition) is 7. The van der Waals surface area contributed by atoms with Gasteiger partial charge in [-0.1, -0.05) is 28.5 Å². The van der Waals surface area contributed by atoms with E-state index in [4.69, 9.17) is 14.1 Å². The largest absolute Gasteiger partial charge is 0.381 e. The second-order valence-electron chi connectivity index (χ2n) is 3.62. The van der Waals surface area contributed by atoms with E-state index in [-0.39, 0.29) is 0 Å². The van der Waals surface area contributed by atoms with Crippen LogP contribution in [0.25, 0.3) is 10.2 Å². The molecule has 1 heterocycles. The number of nitrogens with zero attached hydrogens (tertiary/aromatic N) is 2. The molecule has 104 valence electrons. The number of ether oxygens (including phenoxy) is 1. The SMILES string of the molecule is CCOCCSOON(C)c1nc2ccccc2s1. The Morgan fingerprint density at radius 3 is 3.00 bits per heavy atom. The van der Waals surface area contributed by atoms with Crippen LogP contribution in [-0.4, -0.2) is 31.0 Å². The first-order valence-electron chi connectivity index (χ1n) is 5.94. The summed E-state index contributed by atoms with van der Waals surface area (Å²) in [7, 11) is 1.76. The average molecular weight is 300 g/mol. The lowest BCUT2D eigenvalue weighted by Crippen LogP contribution is -2.16. The molecule has 1 aromatic heterocycles. The molecule has 0 amide bonds. The standard InChI is InChI=1S/C12H16N2O3S2/c1-3-15-8-9-18-17-16-14(2)12-13-10-6-4-5-7-11(10)19-12/h4-7H,3,8-9H2,1-2H3. The number of anilines is 1. The normalized spacial score (nSPS) is 11.1. The summed E-state index contributed by atoms with van der Waals surface area (Å²) in [5.74, 6) is 0.724.